The standard InChI is InChI=1S/C11H8ClN3O2/c12-10-6-2-1-3-8(6)13-4-7(10)11-15-14-9(5-16)17-11/h1-2,4,16H,3,5H2. The molecule has 0 bridgehead atoms. The molecule has 0 radical (unpaired) electrons. The van der Waals surface area contributed by atoms with Crippen molar-refractivity contribution in [1.82, 2.24) is 15.2 Å². The zero-order valence-corrected chi connectivity index (χ0v) is 9.48. The van der Waals surface area contributed by atoms with Crippen molar-refractivity contribution in [1.29, 1.82) is 0 Å². The van der Waals surface area contributed by atoms with Gasteiger partial charge in [0.15, 0.2) is 0 Å². The van der Waals surface area contributed by atoms with Gasteiger partial charge in [-0.1, -0.05) is 23.8 Å². The Kier molecular flexibility index (Phi) is 2.42. The summed E-state index contributed by atoms with van der Waals surface area (Å²) < 4.78 is 5.24. The van der Waals surface area contributed by atoms with Crippen LogP contribution in [-0.4, -0.2) is 20.3 Å². The van der Waals surface area contributed by atoms with Crippen LogP contribution in [0.25, 0.3) is 17.5 Å². The SMILES string of the molecule is OCc1nnc(-c2cnc3c(c2Cl)C=CC3)o1. The Labute approximate surface area is 102 Å². The molecule has 2 heterocycles. The lowest BCUT2D eigenvalue weighted by Gasteiger charge is -2.04. The number of aliphatic hydroxyl groups is 1. The Morgan fingerprint density at radius 2 is 2.29 bits per heavy atom. The average molecular weight is 250 g/mol. The molecule has 0 aromatic carbocycles. The van der Waals surface area contributed by atoms with E-state index in [1.54, 1.807) is 6.20 Å². The van der Waals surface area contributed by atoms with Crippen molar-refractivity contribution in [2.24, 2.45) is 0 Å². The minimum atomic E-state index is -0.289. The molecule has 2 aromatic heterocycles. The van der Waals surface area contributed by atoms with E-state index in [1.165, 1.54) is 0 Å². The molecule has 0 atom stereocenters. The van der Waals surface area contributed by atoms with Crippen LogP contribution in [0.1, 0.15) is 17.1 Å². The summed E-state index contributed by atoms with van der Waals surface area (Å²) in [5.74, 6) is 0.432. The fourth-order valence-electron chi connectivity index (χ4n) is 1.74. The predicted molar refractivity (Wildman–Crippen MR) is 61.2 cm³/mol. The first-order valence-corrected chi connectivity index (χ1v) is 5.45. The Hall–Kier alpha value is -1.72. The largest absolute Gasteiger partial charge is 0.418 e. The number of allylic oxidation sites excluding steroid dienone is 1. The van der Waals surface area contributed by atoms with Crippen LogP contribution in [0.15, 0.2) is 16.7 Å². The van der Waals surface area contributed by atoms with Gasteiger partial charge in [0.1, 0.15) is 6.61 Å². The van der Waals surface area contributed by atoms with Gasteiger partial charge >= 0.3 is 0 Å². The molecule has 0 saturated heterocycles. The van der Waals surface area contributed by atoms with E-state index in [-0.39, 0.29) is 18.4 Å². The molecule has 6 heteroatoms. The molecule has 2 aromatic rings. The van der Waals surface area contributed by atoms with Gasteiger partial charge < -0.3 is 9.52 Å². The minimum absolute atomic E-state index is 0.159. The van der Waals surface area contributed by atoms with E-state index in [9.17, 15) is 0 Å². The first kappa shape index (κ1) is 10.4. The third-order valence-corrected chi connectivity index (χ3v) is 2.97. The van der Waals surface area contributed by atoms with E-state index in [2.05, 4.69) is 15.2 Å². The zero-order chi connectivity index (χ0) is 11.8. The molecule has 1 aliphatic rings. The van der Waals surface area contributed by atoms with E-state index < -0.39 is 0 Å². The number of pyridine rings is 1. The van der Waals surface area contributed by atoms with Gasteiger partial charge in [0.25, 0.3) is 5.89 Å². The number of aromatic nitrogens is 3. The monoisotopic (exact) mass is 249 g/mol. The summed E-state index contributed by atoms with van der Waals surface area (Å²) in [6.07, 6.45) is 6.33. The molecule has 1 N–H and O–H groups in total. The molecule has 0 amide bonds. The molecule has 1 aliphatic carbocycles. The maximum atomic E-state index is 8.87. The number of hydrogen-bond donors (Lipinski definition) is 1. The van der Waals surface area contributed by atoms with Gasteiger partial charge in [-0.25, -0.2) is 0 Å². The Morgan fingerprint density at radius 1 is 1.41 bits per heavy atom. The highest BCUT2D eigenvalue weighted by Gasteiger charge is 2.18. The second kappa shape index (κ2) is 3.94. The first-order chi connectivity index (χ1) is 8.29. The van der Waals surface area contributed by atoms with Crippen molar-refractivity contribution in [3.63, 3.8) is 0 Å². The van der Waals surface area contributed by atoms with E-state index in [4.69, 9.17) is 21.1 Å². The highest BCUT2D eigenvalue weighted by molar-refractivity contribution is 6.34. The van der Waals surface area contributed by atoms with E-state index in [1.807, 2.05) is 12.2 Å². The van der Waals surface area contributed by atoms with Gasteiger partial charge in [0.2, 0.25) is 5.89 Å². The van der Waals surface area contributed by atoms with Gasteiger partial charge in [-0.15, -0.1) is 10.2 Å². The molecule has 5 nitrogen and oxygen atoms in total. The summed E-state index contributed by atoms with van der Waals surface area (Å²) in [6.45, 7) is -0.289. The lowest BCUT2D eigenvalue weighted by Crippen LogP contribution is -1.92. The van der Waals surface area contributed by atoms with Gasteiger partial charge in [0.05, 0.1) is 16.3 Å². The van der Waals surface area contributed by atoms with Crippen LogP contribution in [0.5, 0.6) is 0 Å². The highest BCUT2D eigenvalue weighted by Crippen LogP contribution is 2.33. The van der Waals surface area contributed by atoms with Gasteiger partial charge in [-0.2, -0.15) is 0 Å². The number of nitrogens with zero attached hydrogens (tertiary/aromatic N) is 3. The van der Waals surface area contributed by atoms with Crippen molar-refractivity contribution < 1.29 is 9.52 Å². The van der Waals surface area contributed by atoms with Crippen molar-refractivity contribution in [3.05, 3.63) is 34.4 Å². The molecule has 86 valence electrons. The molecule has 0 unspecified atom stereocenters. The number of aliphatic hydroxyl groups excluding tert-OH is 1. The van der Waals surface area contributed by atoms with Crippen LogP contribution in [0.2, 0.25) is 5.02 Å². The Morgan fingerprint density at radius 3 is 3.06 bits per heavy atom. The first-order valence-electron chi connectivity index (χ1n) is 5.07. The van der Waals surface area contributed by atoms with Crippen LogP contribution in [0, 0.1) is 0 Å². The Bertz CT molecular complexity index is 607. The maximum absolute atomic E-state index is 8.87. The van der Waals surface area contributed by atoms with Crippen molar-refractivity contribution >= 4 is 17.7 Å². The normalized spacial score (nSPS) is 13.1. The van der Waals surface area contributed by atoms with E-state index >= 15 is 0 Å². The molecule has 0 aliphatic heterocycles. The molecular formula is C11H8ClN3O2. The third kappa shape index (κ3) is 1.64. The summed E-state index contributed by atoms with van der Waals surface area (Å²) in [6, 6.07) is 0. The molecule has 0 fully saturated rings. The molecule has 3 rings (SSSR count). The van der Waals surface area contributed by atoms with Gasteiger partial charge in [0, 0.05) is 18.2 Å². The predicted octanol–water partition coefficient (Wildman–Crippen LogP) is 1.85. The number of halogens is 1. The number of fused-ring (bicyclic) bond motifs is 1. The number of hydrogen-bond acceptors (Lipinski definition) is 5. The van der Waals surface area contributed by atoms with Gasteiger partial charge in [-0.05, 0) is 0 Å². The number of rotatable bonds is 2. The molecular weight excluding hydrogens is 242 g/mol. The van der Waals surface area contributed by atoms with Crippen molar-refractivity contribution in [2.45, 2.75) is 13.0 Å². The molecule has 0 saturated carbocycles. The fraction of sp³-hybridized carbons (Fsp3) is 0.182. The topological polar surface area (TPSA) is 72.0 Å². The maximum Gasteiger partial charge on any atom is 0.250 e. The minimum Gasteiger partial charge on any atom is -0.418 e. The summed E-state index contributed by atoms with van der Waals surface area (Å²) in [5, 5.41) is 16.9. The van der Waals surface area contributed by atoms with E-state index in [0.29, 0.717) is 10.6 Å². The quantitative estimate of drug-likeness (QED) is 0.879. The molecule has 0 spiro atoms. The summed E-state index contributed by atoms with van der Waals surface area (Å²) >= 11 is 6.26. The van der Waals surface area contributed by atoms with Crippen molar-refractivity contribution in [3.8, 4) is 11.5 Å². The van der Waals surface area contributed by atoms with Crippen LogP contribution in [0.3, 0.4) is 0 Å². The molecule has 17 heavy (non-hydrogen) atoms. The second-order valence-electron chi connectivity index (χ2n) is 3.61. The van der Waals surface area contributed by atoms with Gasteiger partial charge in [-0.3, -0.25) is 4.98 Å². The summed E-state index contributed by atoms with van der Waals surface area (Å²) in [5.41, 5.74) is 2.43. The third-order valence-electron chi connectivity index (χ3n) is 2.56. The van der Waals surface area contributed by atoms with Crippen LogP contribution in [0.4, 0.5) is 0 Å². The second-order valence-corrected chi connectivity index (χ2v) is 3.99. The zero-order valence-electron chi connectivity index (χ0n) is 8.72. The van der Waals surface area contributed by atoms with Crippen LogP contribution in [-0.2, 0) is 13.0 Å². The van der Waals surface area contributed by atoms with Crippen molar-refractivity contribution in [2.75, 3.05) is 0 Å². The highest BCUT2D eigenvalue weighted by atomic mass is 35.5. The van der Waals surface area contributed by atoms with E-state index in [0.717, 1.165) is 17.7 Å². The smallest absolute Gasteiger partial charge is 0.250 e. The fourth-order valence-corrected chi connectivity index (χ4v) is 2.04. The lowest BCUT2D eigenvalue weighted by atomic mass is 10.1. The summed E-state index contributed by atoms with van der Waals surface area (Å²) in [4.78, 5) is 4.29. The lowest BCUT2D eigenvalue weighted by molar-refractivity contribution is 0.241. The van der Waals surface area contributed by atoms with Crippen LogP contribution >= 0.6 is 11.6 Å². The summed E-state index contributed by atoms with van der Waals surface area (Å²) in [7, 11) is 0. The van der Waals surface area contributed by atoms with Crippen LogP contribution < -0.4 is 0 Å². The average Bonchev–Trinajstić information content (AvgIpc) is 2.97. The Balaban J connectivity index is 2.12.